The Hall–Kier alpha value is -2.28. The predicted octanol–water partition coefficient (Wildman–Crippen LogP) is 3.21. The summed E-state index contributed by atoms with van der Waals surface area (Å²) in [5, 5.41) is 6.43. The molecule has 0 unspecified atom stereocenters. The number of nitrogens with zero attached hydrogens (tertiary/aromatic N) is 1. The van der Waals surface area contributed by atoms with Crippen molar-refractivity contribution in [2.75, 3.05) is 38.7 Å². The Morgan fingerprint density at radius 3 is 2.64 bits per heavy atom. The summed E-state index contributed by atoms with van der Waals surface area (Å²) < 4.78 is 16.0. The molecule has 1 saturated carbocycles. The third-order valence-corrected chi connectivity index (χ3v) is 4.11. The first-order valence-electron chi connectivity index (χ1n) is 10.0. The van der Waals surface area contributed by atoms with Crippen molar-refractivity contribution in [3.05, 3.63) is 24.3 Å². The van der Waals surface area contributed by atoms with Crippen LogP contribution >= 0.6 is 0 Å². The molecule has 0 aliphatic heterocycles. The van der Waals surface area contributed by atoms with Gasteiger partial charge in [-0.25, -0.2) is 0 Å². The second-order valence-electron chi connectivity index (χ2n) is 7.17. The number of ether oxygens (including phenoxy) is 3. The normalized spacial score (nSPS) is 14.1. The predicted molar refractivity (Wildman–Crippen MR) is 111 cm³/mol. The van der Waals surface area contributed by atoms with Gasteiger partial charge in [-0.2, -0.15) is 0 Å². The maximum atomic E-state index is 11.3. The quantitative estimate of drug-likeness (QED) is 0.246. The fourth-order valence-corrected chi connectivity index (χ4v) is 2.44. The first-order valence-corrected chi connectivity index (χ1v) is 10.0. The molecule has 0 amide bonds. The van der Waals surface area contributed by atoms with Crippen LogP contribution in [-0.2, 0) is 14.3 Å². The lowest BCUT2D eigenvalue weighted by Crippen LogP contribution is -2.33. The van der Waals surface area contributed by atoms with E-state index in [1.54, 1.807) is 0 Å². The van der Waals surface area contributed by atoms with Gasteiger partial charge in [0.25, 0.3) is 0 Å². The number of benzene rings is 1. The zero-order chi connectivity index (χ0) is 20.2. The SMILES string of the molecule is COC(=O)CCNC(=NCCCOCC1CC1)Nc1ccc(OC(C)C)cc1. The van der Waals surface area contributed by atoms with Gasteiger partial charge in [0.2, 0.25) is 0 Å². The molecule has 7 heteroatoms. The summed E-state index contributed by atoms with van der Waals surface area (Å²) in [6, 6.07) is 7.71. The van der Waals surface area contributed by atoms with Crippen molar-refractivity contribution in [3.63, 3.8) is 0 Å². The van der Waals surface area contributed by atoms with Gasteiger partial charge < -0.3 is 24.8 Å². The molecule has 1 aromatic carbocycles. The van der Waals surface area contributed by atoms with Crippen LogP contribution in [0.5, 0.6) is 5.75 Å². The molecule has 7 nitrogen and oxygen atoms in total. The third kappa shape index (κ3) is 9.60. The minimum absolute atomic E-state index is 0.137. The van der Waals surface area contributed by atoms with Gasteiger partial charge in [0.1, 0.15) is 5.75 Å². The Morgan fingerprint density at radius 2 is 2.00 bits per heavy atom. The van der Waals surface area contributed by atoms with E-state index in [0.29, 0.717) is 19.0 Å². The highest BCUT2D eigenvalue weighted by Gasteiger charge is 2.20. The second kappa shape index (κ2) is 12.2. The summed E-state index contributed by atoms with van der Waals surface area (Å²) in [6.07, 6.45) is 3.88. The number of anilines is 1. The van der Waals surface area contributed by atoms with Gasteiger partial charge in [0.15, 0.2) is 5.96 Å². The van der Waals surface area contributed by atoms with Crippen molar-refractivity contribution in [1.29, 1.82) is 0 Å². The van der Waals surface area contributed by atoms with Gasteiger partial charge in [0.05, 0.1) is 19.6 Å². The van der Waals surface area contributed by atoms with E-state index in [1.165, 1.54) is 20.0 Å². The lowest BCUT2D eigenvalue weighted by molar-refractivity contribution is -0.140. The number of rotatable bonds is 12. The largest absolute Gasteiger partial charge is 0.491 e. The highest BCUT2D eigenvalue weighted by atomic mass is 16.5. The van der Waals surface area contributed by atoms with E-state index in [9.17, 15) is 4.79 Å². The van der Waals surface area contributed by atoms with E-state index in [1.807, 2.05) is 38.1 Å². The minimum Gasteiger partial charge on any atom is -0.491 e. The molecule has 156 valence electrons. The maximum Gasteiger partial charge on any atom is 0.307 e. The molecule has 0 bridgehead atoms. The number of carbonyl (C=O) groups is 1. The van der Waals surface area contributed by atoms with Crippen molar-refractivity contribution in [1.82, 2.24) is 5.32 Å². The van der Waals surface area contributed by atoms with E-state index < -0.39 is 0 Å². The van der Waals surface area contributed by atoms with Gasteiger partial charge in [0, 0.05) is 32.0 Å². The number of esters is 1. The van der Waals surface area contributed by atoms with E-state index in [4.69, 9.17) is 9.47 Å². The molecule has 0 aromatic heterocycles. The van der Waals surface area contributed by atoms with Crippen molar-refractivity contribution < 1.29 is 19.0 Å². The molecule has 1 aliphatic rings. The molecule has 0 spiro atoms. The fraction of sp³-hybridized carbons (Fsp3) is 0.619. The third-order valence-electron chi connectivity index (χ3n) is 4.11. The first-order chi connectivity index (χ1) is 13.6. The Balaban J connectivity index is 1.82. The van der Waals surface area contributed by atoms with Crippen molar-refractivity contribution in [2.45, 2.75) is 45.6 Å². The second-order valence-corrected chi connectivity index (χ2v) is 7.17. The summed E-state index contributed by atoms with van der Waals surface area (Å²) >= 11 is 0. The highest BCUT2D eigenvalue weighted by molar-refractivity contribution is 5.93. The van der Waals surface area contributed by atoms with Crippen molar-refractivity contribution in [3.8, 4) is 5.75 Å². The number of nitrogens with one attached hydrogen (secondary N) is 2. The number of guanidine groups is 1. The molecule has 2 rings (SSSR count). The molecule has 1 aromatic rings. The summed E-state index contributed by atoms with van der Waals surface area (Å²) in [5.74, 6) is 1.98. The Labute approximate surface area is 167 Å². The summed E-state index contributed by atoms with van der Waals surface area (Å²) in [4.78, 5) is 15.9. The van der Waals surface area contributed by atoms with Crippen LogP contribution in [0.4, 0.5) is 5.69 Å². The highest BCUT2D eigenvalue weighted by Crippen LogP contribution is 2.28. The average Bonchev–Trinajstić information content (AvgIpc) is 3.49. The first kappa shape index (κ1) is 22.0. The van der Waals surface area contributed by atoms with E-state index in [2.05, 4.69) is 20.4 Å². The monoisotopic (exact) mass is 391 g/mol. The minimum atomic E-state index is -0.254. The van der Waals surface area contributed by atoms with Gasteiger partial charge in [-0.15, -0.1) is 0 Å². The molecule has 0 atom stereocenters. The molecule has 1 aliphatic carbocycles. The lowest BCUT2D eigenvalue weighted by atomic mass is 10.3. The summed E-state index contributed by atoms with van der Waals surface area (Å²) in [5.41, 5.74) is 0.894. The van der Waals surface area contributed by atoms with E-state index >= 15 is 0 Å². The van der Waals surface area contributed by atoms with Gasteiger partial charge in [-0.3, -0.25) is 9.79 Å². The number of aliphatic imine (C=N–C) groups is 1. The Bertz CT molecular complexity index is 613. The molecular weight excluding hydrogens is 358 g/mol. The van der Waals surface area contributed by atoms with Crippen LogP contribution in [-0.4, -0.2) is 51.4 Å². The fourth-order valence-electron chi connectivity index (χ4n) is 2.44. The van der Waals surface area contributed by atoms with E-state index in [0.717, 1.165) is 37.0 Å². The van der Waals surface area contributed by atoms with Crippen LogP contribution in [0.1, 0.15) is 39.5 Å². The van der Waals surface area contributed by atoms with Gasteiger partial charge in [-0.05, 0) is 63.3 Å². The molecule has 28 heavy (non-hydrogen) atoms. The molecule has 0 heterocycles. The molecule has 1 fully saturated rings. The summed E-state index contributed by atoms with van der Waals surface area (Å²) in [7, 11) is 1.39. The summed E-state index contributed by atoms with van der Waals surface area (Å²) in [6.45, 7) is 6.68. The van der Waals surface area contributed by atoms with Crippen LogP contribution in [0.25, 0.3) is 0 Å². The van der Waals surface area contributed by atoms with E-state index in [-0.39, 0.29) is 18.5 Å². The van der Waals surface area contributed by atoms with Crippen molar-refractivity contribution in [2.24, 2.45) is 10.9 Å². The van der Waals surface area contributed by atoms with Gasteiger partial charge in [-0.1, -0.05) is 0 Å². The average molecular weight is 392 g/mol. The topological polar surface area (TPSA) is 81.2 Å². The van der Waals surface area contributed by atoms with Crippen LogP contribution in [0.2, 0.25) is 0 Å². The lowest BCUT2D eigenvalue weighted by Gasteiger charge is -2.14. The molecule has 0 radical (unpaired) electrons. The maximum absolute atomic E-state index is 11.3. The number of hydrogen-bond acceptors (Lipinski definition) is 5. The van der Waals surface area contributed by atoms with Crippen LogP contribution in [0.3, 0.4) is 0 Å². The molecular formula is C21H33N3O4. The smallest absolute Gasteiger partial charge is 0.307 e. The molecule has 0 saturated heterocycles. The van der Waals surface area contributed by atoms with Crippen LogP contribution < -0.4 is 15.4 Å². The number of carbonyl (C=O) groups excluding carboxylic acids is 1. The standard InChI is InChI=1S/C21H33N3O4/c1-16(2)28-19-9-7-18(8-10-19)24-21(23-13-11-20(25)26-3)22-12-4-14-27-15-17-5-6-17/h7-10,16-17H,4-6,11-15H2,1-3H3,(H2,22,23,24). The Kier molecular flexibility index (Phi) is 9.62. The number of hydrogen-bond donors (Lipinski definition) is 2. The number of methoxy groups -OCH3 is 1. The zero-order valence-electron chi connectivity index (χ0n) is 17.2. The van der Waals surface area contributed by atoms with Crippen LogP contribution in [0, 0.1) is 5.92 Å². The van der Waals surface area contributed by atoms with Crippen molar-refractivity contribution >= 4 is 17.6 Å². The Morgan fingerprint density at radius 1 is 1.25 bits per heavy atom. The molecule has 2 N–H and O–H groups in total. The van der Waals surface area contributed by atoms with Gasteiger partial charge >= 0.3 is 5.97 Å². The van der Waals surface area contributed by atoms with Crippen LogP contribution in [0.15, 0.2) is 29.3 Å². The zero-order valence-corrected chi connectivity index (χ0v) is 17.2.